The highest BCUT2D eigenvalue weighted by molar-refractivity contribution is 6.31. The van der Waals surface area contributed by atoms with Gasteiger partial charge < -0.3 is 9.84 Å². The fourth-order valence-corrected chi connectivity index (χ4v) is 9.67. The van der Waals surface area contributed by atoms with Crippen LogP contribution in [0, 0.1) is 40.4 Å². The van der Waals surface area contributed by atoms with Crippen molar-refractivity contribution in [2.45, 2.75) is 83.8 Å². The fourth-order valence-electron chi connectivity index (χ4n) is 9.50. The van der Waals surface area contributed by atoms with Gasteiger partial charge in [0.15, 0.2) is 5.78 Å². The molecule has 4 saturated carbocycles. The first-order chi connectivity index (χ1) is 17.1. The molecular formula is C29H40ClN3O3. The number of aliphatic hydroxyl groups is 1. The molecule has 1 aromatic heterocycles. The Kier molecular flexibility index (Phi) is 6.05. The maximum Gasteiger partial charge on any atom is 0.159 e. The van der Waals surface area contributed by atoms with Gasteiger partial charge in [-0.1, -0.05) is 25.4 Å². The zero-order chi connectivity index (χ0) is 25.3. The van der Waals surface area contributed by atoms with Crippen molar-refractivity contribution in [2.75, 3.05) is 13.7 Å². The van der Waals surface area contributed by atoms with Crippen molar-refractivity contribution >= 4 is 28.4 Å². The van der Waals surface area contributed by atoms with Crippen LogP contribution >= 0.6 is 11.6 Å². The molecule has 0 amide bonds. The first-order valence-corrected chi connectivity index (χ1v) is 14.3. The van der Waals surface area contributed by atoms with E-state index >= 15 is 0 Å². The number of methoxy groups -OCH3 is 1. The van der Waals surface area contributed by atoms with Crippen molar-refractivity contribution in [2.24, 2.45) is 40.4 Å². The maximum absolute atomic E-state index is 13.6. The van der Waals surface area contributed by atoms with Gasteiger partial charge in [-0.2, -0.15) is 15.0 Å². The lowest BCUT2D eigenvalue weighted by atomic mass is 9.44. The highest BCUT2D eigenvalue weighted by atomic mass is 35.5. The molecule has 1 aromatic carbocycles. The topological polar surface area (TPSA) is 77.2 Å². The van der Waals surface area contributed by atoms with E-state index in [-0.39, 0.29) is 23.7 Å². The normalized spacial score (nSPS) is 42.1. The number of fused-ring (bicyclic) bond motifs is 6. The highest BCUT2D eigenvalue weighted by Crippen LogP contribution is 2.68. The number of ether oxygens (including phenoxy) is 1. The summed E-state index contributed by atoms with van der Waals surface area (Å²) < 4.78 is 5.37. The van der Waals surface area contributed by atoms with Crippen LogP contribution in [0.25, 0.3) is 11.0 Å². The molecule has 0 saturated heterocycles. The zero-order valence-electron chi connectivity index (χ0n) is 21.9. The summed E-state index contributed by atoms with van der Waals surface area (Å²) in [5.41, 5.74) is 1.23. The summed E-state index contributed by atoms with van der Waals surface area (Å²) in [5.74, 6) is 2.97. The van der Waals surface area contributed by atoms with E-state index in [1.807, 2.05) is 12.1 Å². The first-order valence-electron chi connectivity index (χ1n) is 13.9. The molecule has 8 atom stereocenters. The third-order valence-electron chi connectivity index (χ3n) is 11.3. The van der Waals surface area contributed by atoms with Gasteiger partial charge in [-0.25, -0.2) is 0 Å². The lowest BCUT2D eigenvalue weighted by molar-refractivity contribution is -0.164. The quantitative estimate of drug-likeness (QED) is 0.555. The SMILES string of the molecule is COC[C@@]1(O)CC[C@@]2(C)[C@@H](CC[C@@H]3[C@@H]2CC[C@]2(C)[C@@H](C(=O)Cn4nc5ccc(Cl)cc5n4)CC[C@@H]32)C1. The van der Waals surface area contributed by atoms with E-state index in [0.717, 1.165) is 49.6 Å². The Balaban J connectivity index is 1.18. The Morgan fingerprint density at radius 3 is 2.64 bits per heavy atom. The van der Waals surface area contributed by atoms with Crippen LogP contribution in [0.4, 0.5) is 0 Å². The van der Waals surface area contributed by atoms with Gasteiger partial charge >= 0.3 is 0 Å². The molecule has 4 aliphatic carbocycles. The van der Waals surface area contributed by atoms with Gasteiger partial charge in [0.2, 0.25) is 0 Å². The van der Waals surface area contributed by atoms with E-state index < -0.39 is 5.60 Å². The average molecular weight is 514 g/mol. The number of benzene rings is 1. The smallest absolute Gasteiger partial charge is 0.159 e. The summed E-state index contributed by atoms with van der Waals surface area (Å²) >= 11 is 6.11. The molecule has 196 valence electrons. The summed E-state index contributed by atoms with van der Waals surface area (Å²) in [6.07, 6.45) is 9.73. The number of ketones is 1. The summed E-state index contributed by atoms with van der Waals surface area (Å²) in [6, 6.07) is 5.47. The van der Waals surface area contributed by atoms with Gasteiger partial charge in [0.05, 0.1) is 12.2 Å². The van der Waals surface area contributed by atoms with Crippen molar-refractivity contribution < 1.29 is 14.6 Å². The number of hydrogen-bond acceptors (Lipinski definition) is 5. The van der Waals surface area contributed by atoms with E-state index in [0.29, 0.717) is 40.7 Å². The van der Waals surface area contributed by atoms with Crippen LogP contribution < -0.4 is 0 Å². The largest absolute Gasteiger partial charge is 0.387 e. The van der Waals surface area contributed by atoms with Gasteiger partial charge in [-0.15, -0.1) is 0 Å². The maximum atomic E-state index is 13.6. The monoisotopic (exact) mass is 513 g/mol. The molecule has 36 heavy (non-hydrogen) atoms. The summed E-state index contributed by atoms with van der Waals surface area (Å²) in [4.78, 5) is 15.2. The average Bonchev–Trinajstić information content (AvgIpc) is 3.39. The second kappa shape index (κ2) is 8.78. The minimum Gasteiger partial charge on any atom is -0.387 e. The zero-order valence-corrected chi connectivity index (χ0v) is 22.6. The number of carbonyl (C=O) groups is 1. The predicted octanol–water partition coefficient (Wildman–Crippen LogP) is 5.69. The van der Waals surface area contributed by atoms with Gasteiger partial charge in [-0.3, -0.25) is 4.79 Å². The minimum atomic E-state index is -0.656. The molecule has 0 spiro atoms. The van der Waals surface area contributed by atoms with Crippen LogP contribution in [-0.2, 0) is 16.1 Å². The minimum absolute atomic E-state index is 0.0722. The molecule has 1 N–H and O–H groups in total. The van der Waals surface area contributed by atoms with E-state index in [9.17, 15) is 9.90 Å². The Morgan fingerprint density at radius 1 is 1.06 bits per heavy atom. The number of Topliss-reactive ketones (excluding diaryl/α,β-unsaturated/α-hetero) is 1. The van der Waals surface area contributed by atoms with Crippen LogP contribution in [0.3, 0.4) is 0 Å². The molecule has 4 fully saturated rings. The molecule has 6 rings (SSSR count). The molecule has 0 bridgehead atoms. The molecular weight excluding hydrogens is 474 g/mol. The summed E-state index contributed by atoms with van der Waals surface area (Å²) in [7, 11) is 1.70. The molecule has 7 heteroatoms. The fraction of sp³-hybridized carbons (Fsp3) is 0.759. The standard InChI is InChI=1S/C29H40ClN3O3/c1-27-12-13-29(35,17-36-3)15-18(27)4-6-20-21-7-8-23(28(21,2)11-10-22(20)27)26(34)16-33-31-24-9-5-19(30)14-25(24)32-33/h5,9,14,18,20-23,35H,4,6-8,10-13,15-17H2,1-3H3/t18-,20-,21-,22-,23+,27-,28-,29+/m0/s1. The van der Waals surface area contributed by atoms with Gasteiger partial charge in [0.25, 0.3) is 0 Å². The van der Waals surface area contributed by atoms with Crippen molar-refractivity contribution in [1.82, 2.24) is 15.0 Å². The molecule has 2 aromatic rings. The molecule has 4 aliphatic rings. The van der Waals surface area contributed by atoms with Crippen molar-refractivity contribution in [3.05, 3.63) is 23.2 Å². The molecule has 0 unspecified atom stereocenters. The Bertz CT molecular complexity index is 1170. The third-order valence-corrected chi connectivity index (χ3v) is 11.5. The Morgan fingerprint density at radius 2 is 1.83 bits per heavy atom. The number of hydrogen-bond donors (Lipinski definition) is 1. The molecule has 0 aliphatic heterocycles. The van der Waals surface area contributed by atoms with Gasteiger partial charge in [-0.05, 0) is 110 Å². The second-order valence-electron chi connectivity index (χ2n) is 13.0. The predicted molar refractivity (Wildman–Crippen MR) is 140 cm³/mol. The van der Waals surface area contributed by atoms with Crippen molar-refractivity contribution in [1.29, 1.82) is 0 Å². The van der Waals surface area contributed by atoms with E-state index in [2.05, 4.69) is 24.0 Å². The van der Waals surface area contributed by atoms with Crippen molar-refractivity contribution in [3.8, 4) is 0 Å². The Hall–Kier alpha value is -1.50. The third kappa shape index (κ3) is 3.85. The number of halogens is 1. The van der Waals surface area contributed by atoms with Crippen LogP contribution in [-0.4, -0.2) is 45.2 Å². The lowest BCUT2D eigenvalue weighted by Gasteiger charge is -2.62. The molecule has 1 heterocycles. The van der Waals surface area contributed by atoms with Crippen LogP contribution in [0.5, 0.6) is 0 Å². The number of nitrogens with zero attached hydrogens (tertiary/aromatic N) is 3. The number of rotatable bonds is 5. The van der Waals surface area contributed by atoms with Crippen LogP contribution in [0.1, 0.15) is 71.6 Å². The molecule has 6 nitrogen and oxygen atoms in total. The van der Waals surface area contributed by atoms with E-state index in [1.165, 1.54) is 19.3 Å². The first kappa shape index (κ1) is 24.8. The number of aromatic nitrogens is 3. The highest BCUT2D eigenvalue weighted by Gasteiger charge is 2.62. The molecule has 0 radical (unpaired) electrons. The van der Waals surface area contributed by atoms with E-state index in [1.54, 1.807) is 18.0 Å². The van der Waals surface area contributed by atoms with Crippen LogP contribution in [0.15, 0.2) is 18.2 Å². The summed E-state index contributed by atoms with van der Waals surface area (Å²) in [5, 5.41) is 20.8. The van der Waals surface area contributed by atoms with Crippen LogP contribution in [0.2, 0.25) is 5.02 Å². The number of carbonyl (C=O) groups excluding carboxylic acids is 1. The second-order valence-corrected chi connectivity index (χ2v) is 13.5. The Labute approximate surface area is 219 Å². The van der Waals surface area contributed by atoms with Gasteiger partial charge in [0.1, 0.15) is 17.6 Å². The van der Waals surface area contributed by atoms with Gasteiger partial charge in [0, 0.05) is 18.1 Å². The van der Waals surface area contributed by atoms with E-state index in [4.69, 9.17) is 16.3 Å². The summed E-state index contributed by atoms with van der Waals surface area (Å²) in [6.45, 7) is 5.61. The lowest BCUT2D eigenvalue weighted by Crippen LogP contribution is -2.57. The van der Waals surface area contributed by atoms with Crippen molar-refractivity contribution in [3.63, 3.8) is 0 Å².